The molecule has 1 N–H and O–H groups in total. The molecule has 96 valence electrons. The standard InChI is InChI=1S/C14H17FN2O/c1-14(2,10-17-13(18)8-5-9-16)11-6-3-4-7-12(11)15/h3-4,6-7H,5,8,10H2,1-2H3,(H,17,18). The summed E-state index contributed by atoms with van der Waals surface area (Å²) in [4.78, 5) is 11.4. The van der Waals surface area contributed by atoms with Crippen LogP contribution < -0.4 is 5.32 Å². The third-order valence-corrected chi connectivity index (χ3v) is 2.79. The summed E-state index contributed by atoms with van der Waals surface area (Å²) in [5.41, 5.74) is 0.0961. The van der Waals surface area contributed by atoms with Gasteiger partial charge in [-0.1, -0.05) is 32.0 Å². The molecule has 1 aromatic carbocycles. The lowest BCUT2D eigenvalue weighted by atomic mass is 9.84. The van der Waals surface area contributed by atoms with Crippen LogP contribution in [-0.2, 0) is 10.2 Å². The van der Waals surface area contributed by atoms with E-state index in [1.54, 1.807) is 18.2 Å². The molecule has 1 amide bonds. The molecule has 0 spiro atoms. The highest BCUT2D eigenvalue weighted by atomic mass is 19.1. The average Bonchev–Trinajstić information content (AvgIpc) is 2.34. The molecule has 1 rings (SSSR count). The van der Waals surface area contributed by atoms with Gasteiger partial charge in [-0.2, -0.15) is 5.26 Å². The lowest BCUT2D eigenvalue weighted by Gasteiger charge is -2.26. The van der Waals surface area contributed by atoms with Crippen molar-refractivity contribution in [2.45, 2.75) is 32.1 Å². The van der Waals surface area contributed by atoms with E-state index in [1.807, 2.05) is 19.9 Å². The number of hydrogen-bond acceptors (Lipinski definition) is 2. The third kappa shape index (κ3) is 3.85. The van der Waals surface area contributed by atoms with E-state index < -0.39 is 5.41 Å². The summed E-state index contributed by atoms with van der Waals surface area (Å²) in [7, 11) is 0. The van der Waals surface area contributed by atoms with Gasteiger partial charge < -0.3 is 5.32 Å². The Morgan fingerprint density at radius 1 is 1.44 bits per heavy atom. The van der Waals surface area contributed by atoms with Crippen molar-refractivity contribution in [3.05, 3.63) is 35.6 Å². The van der Waals surface area contributed by atoms with Crippen LogP contribution in [0.15, 0.2) is 24.3 Å². The highest BCUT2D eigenvalue weighted by Crippen LogP contribution is 2.24. The number of nitrogens with zero attached hydrogens (tertiary/aromatic N) is 1. The van der Waals surface area contributed by atoms with E-state index in [0.29, 0.717) is 12.1 Å². The molecule has 0 fully saturated rings. The van der Waals surface area contributed by atoms with Gasteiger partial charge in [0.15, 0.2) is 0 Å². The van der Waals surface area contributed by atoms with E-state index in [4.69, 9.17) is 5.26 Å². The summed E-state index contributed by atoms with van der Waals surface area (Å²) >= 11 is 0. The molecule has 0 aliphatic heterocycles. The lowest BCUT2D eigenvalue weighted by molar-refractivity contribution is -0.121. The van der Waals surface area contributed by atoms with Crippen molar-refractivity contribution in [2.75, 3.05) is 6.54 Å². The molecule has 4 heteroatoms. The van der Waals surface area contributed by atoms with Gasteiger partial charge in [0.05, 0.1) is 6.07 Å². The topological polar surface area (TPSA) is 52.9 Å². The maximum Gasteiger partial charge on any atom is 0.221 e. The zero-order valence-corrected chi connectivity index (χ0v) is 10.7. The first-order chi connectivity index (χ1) is 8.47. The zero-order chi connectivity index (χ0) is 13.6. The van der Waals surface area contributed by atoms with Crippen LogP contribution in [0.1, 0.15) is 32.3 Å². The second-order valence-electron chi connectivity index (χ2n) is 4.80. The van der Waals surface area contributed by atoms with Crippen molar-refractivity contribution in [3.8, 4) is 6.07 Å². The van der Waals surface area contributed by atoms with Crippen LogP contribution in [-0.4, -0.2) is 12.5 Å². The van der Waals surface area contributed by atoms with Gasteiger partial charge >= 0.3 is 0 Å². The molecule has 1 aromatic rings. The molecule has 18 heavy (non-hydrogen) atoms. The van der Waals surface area contributed by atoms with Gasteiger partial charge in [-0.05, 0) is 11.6 Å². The van der Waals surface area contributed by atoms with E-state index in [1.165, 1.54) is 6.07 Å². The summed E-state index contributed by atoms with van der Waals surface area (Å²) < 4.78 is 13.7. The van der Waals surface area contributed by atoms with Gasteiger partial charge in [0.25, 0.3) is 0 Å². The molecule has 0 atom stereocenters. The Kier molecular flexibility index (Phi) is 4.85. The monoisotopic (exact) mass is 248 g/mol. The fourth-order valence-corrected chi connectivity index (χ4v) is 1.68. The number of nitriles is 1. The Balaban J connectivity index is 2.63. The number of carbonyl (C=O) groups excluding carboxylic acids is 1. The molecule has 3 nitrogen and oxygen atoms in total. The molecule has 0 saturated carbocycles. The number of rotatable bonds is 5. The average molecular weight is 248 g/mol. The number of hydrogen-bond donors (Lipinski definition) is 1. The van der Waals surface area contributed by atoms with E-state index in [2.05, 4.69) is 5.32 Å². The van der Waals surface area contributed by atoms with Crippen LogP contribution in [0, 0.1) is 17.1 Å². The van der Waals surface area contributed by atoms with Gasteiger partial charge in [-0.3, -0.25) is 4.79 Å². The van der Waals surface area contributed by atoms with Crippen LogP contribution in [0.25, 0.3) is 0 Å². The largest absolute Gasteiger partial charge is 0.355 e. The van der Waals surface area contributed by atoms with Crippen LogP contribution in [0.5, 0.6) is 0 Å². The van der Waals surface area contributed by atoms with Crippen molar-refractivity contribution in [2.24, 2.45) is 0 Å². The Morgan fingerprint density at radius 3 is 2.72 bits per heavy atom. The highest BCUT2D eigenvalue weighted by Gasteiger charge is 2.24. The van der Waals surface area contributed by atoms with Crippen LogP contribution in [0.3, 0.4) is 0 Å². The van der Waals surface area contributed by atoms with E-state index in [0.717, 1.165) is 0 Å². The van der Waals surface area contributed by atoms with Crippen molar-refractivity contribution in [1.82, 2.24) is 5.32 Å². The molecule has 0 heterocycles. The highest BCUT2D eigenvalue weighted by molar-refractivity contribution is 5.76. The second kappa shape index (κ2) is 6.15. The SMILES string of the molecule is CC(C)(CNC(=O)CCC#N)c1ccccc1F. The Hall–Kier alpha value is -1.89. The van der Waals surface area contributed by atoms with E-state index >= 15 is 0 Å². The molecule has 0 aliphatic rings. The molecular weight excluding hydrogens is 231 g/mol. The van der Waals surface area contributed by atoms with Gasteiger partial charge in [0, 0.05) is 24.8 Å². The predicted molar refractivity (Wildman–Crippen MR) is 67.3 cm³/mol. The first-order valence-corrected chi connectivity index (χ1v) is 5.86. The smallest absolute Gasteiger partial charge is 0.221 e. The first kappa shape index (κ1) is 14.2. The first-order valence-electron chi connectivity index (χ1n) is 5.86. The Bertz CT molecular complexity index is 463. The molecular formula is C14H17FN2O. The maximum absolute atomic E-state index is 13.7. The fourth-order valence-electron chi connectivity index (χ4n) is 1.68. The van der Waals surface area contributed by atoms with Gasteiger partial charge in [0.1, 0.15) is 5.82 Å². The molecule has 0 bridgehead atoms. The second-order valence-corrected chi connectivity index (χ2v) is 4.80. The third-order valence-electron chi connectivity index (χ3n) is 2.79. The van der Waals surface area contributed by atoms with Crippen LogP contribution >= 0.6 is 0 Å². The summed E-state index contributed by atoms with van der Waals surface area (Å²) in [6.07, 6.45) is 0.385. The van der Waals surface area contributed by atoms with Crippen molar-refractivity contribution >= 4 is 5.91 Å². The predicted octanol–water partition coefficient (Wildman–Crippen LogP) is 2.52. The fraction of sp³-hybridized carbons (Fsp3) is 0.429. The minimum atomic E-state index is -0.479. The van der Waals surface area contributed by atoms with Gasteiger partial charge in [0.2, 0.25) is 5.91 Å². The number of carbonyl (C=O) groups is 1. The summed E-state index contributed by atoms with van der Waals surface area (Å²) in [5.74, 6) is -0.449. The maximum atomic E-state index is 13.7. The van der Waals surface area contributed by atoms with Crippen molar-refractivity contribution < 1.29 is 9.18 Å². The Morgan fingerprint density at radius 2 is 2.11 bits per heavy atom. The summed E-state index contributed by atoms with van der Waals surface area (Å²) in [5, 5.41) is 11.1. The minimum Gasteiger partial charge on any atom is -0.355 e. The van der Waals surface area contributed by atoms with Crippen LogP contribution in [0.2, 0.25) is 0 Å². The number of benzene rings is 1. The number of amides is 1. The van der Waals surface area contributed by atoms with E-state index in [-0.39, 0.29) is 24.6 Å². The molecule has 0 radical (unpaired) electrons. The molecule has 0 aliphatic carbocycles. The van der Waals surface area contributed by atoms with Crippen LogP contribution in [0.4, 0.5) is 4.39 Å². The molecule has 0 saturated heterocycles. The van der Waals surface area contributed by atoms with Gasteiger partial charge in [-0.15, -0.1) is 0 Å². The van der Waals surface area contributed by atoms with Gasteiger partial charge in [-0.25, -0.2) is 4.39 Å². The summed E-state index contributed by atoms with van der Waals surface area (Å²) in [6, 6.07) is 8.46. The van der Waals surface area contributed by atoms with E-state index in [9.17, 15) is 9.18 Å². The lowest BCUT2D eigenvalue weighted by Crippen LogP contribution is -2.37. The number of nitrogens with one attached hydrogen (secondary N) is 1. The molecule has 0 unspecified atom stereocenters. The quantitative estimate of drug-likeness (QED) is 0.870. The summed E-state index contributed by atoms with van der Waals surface area (Å²) in [6.45, 7) is 4.09. The van der Waals surface area contributed by atoms with Crippen molar-refractivity contribution in [1.29, 1.82) is 5.26 Å². The van der Waals surface area contributed by atoms with Crippen molar-refractivity contribution in [3.63, 3.8) is 0 Å². The number of halogens is 1. The normalized spacial score (nSPS) is 10.8. The Labute approximate surface area is 107 Å². The molecule has 0 aromatic heterocycles. The minimum absolute atomic E-state index is 0.180. The zero-order valence-electron chi connectivity index (χ0n) is 10.7.